The Labute approximate surface area is 156 Å². The van der Waals surface area contributed by atoms with Crippen molar-refractivity contribution < 1.29 is 0 Å². The van der Waals surface area contributed by atoms with Gasteiger partial charge in [0.15, 0.2) is 5.82 Å². The lowest BCUT2D eigenvalue weighted by Crippen LogP contribution is -1.95. The van der Waals surface area contributed by atoms with E-state index in [1.165, 1.54) is 10.8 Å². The summed E-state index contributed by atoms with van der Waals surface area (Å²) < 4.78 is 3.00. The zero-order valence-corrected chi connectivity index (χ0v) is 15.6. The average Bonchev–Trinajstić information content (AvgIpc) is 3.37. The van der Waals surface area contributed by atoms with E-state index < -0.39 is 0 Å². The van der Waals surface area contributed by atoms with Crippen LogP contribution in [0.4, 0.5) is 0 Å². The predicted molar refractivity (Wildman–Crippen MR) is 108 cm³/mol. The number of aromatic nitrogens is 4. The third kappa shape index (κ3) is 2.94. The van der Waals surface area contributed by atoms with Crippen LogP contribution in [0.3, 0.4) is 0 Å². The minimum Gasteiger partial charge on any atom is -0.271 e. The molecule has 5 nitrogen and oxygen atoms in total. The van der Waals surface area contributed by atoms with Crippen LogP contribution in [0, 0.1) is 0 Å². The molecule has 0 atom stereocenters. The van der Waals surface area contributed by atoms with Gasteiger partial charge in [0.2, 0.25) is 4.96 Å². The highest BCUT2D eigenvalue weighted by atomic mass is 32.2. The molecule has 0 saturated carbocycles. The molecule has 0 bridgehead atoms. The molecule has 0 radical (unpaired) electrons. The number of hydrogen-bond acceptors (Lipinski definition) is 7. The van der Waals surface area contributed by atoms with Crippen LogP contribution < -0.4 is 0 Å². The maximum absolute atomic E-state index is 4.75. The number of fused-ring (bicyclic) bond motifs is 2. The number of nitrogens with zero attached hydrogens (tertiary/aromatic N) is 5. The van der Waals surface area contributed by atoms with Gasteiger partial charge in [-0.2, -0.15) is 9.61 Å². The largest absolute Gasteiger partial charge is 0.271 e. The van der Waals surface area contributed by atoms with Gasteiger partial charge in [-0.25, -0.2) is 0 Å². The summed E-state index contributed by atoms with van der Waals surface area (Å²) in [5, 5.41) is 16.7. The van der Waals surface area contributed by atoms with E-state index in [2.05, 4.69) is 57.7 Å². The molecule has 124 valence electrons. The van der Waals surface area contributed by atoms with Gasteiger partial charge in [-0.05, 0) is 16.8 Å². The Bertz CT molecular complexity index is 1100. The summed E-state index contributed by atoms with van der Waals surface area (Å²) >= 11 is 5.10. The summed E-state index contributed by atoms with van der Waals surface area (Å²) in [5.41, 5.74) is 1.11. The Kier molecular flexibility index (Phi) is 3.95. The van der Waals surface area contributed by atoms with Crippen molar-refractivity contribution in [3.8, 4) is 10.6 Å². The standard InChI is InChI=1S/C17H13N5S3/c1-2-4-12-9-13(6-5-11(12)3-1)15-21-22-14(19-20-16(22)25-15)10-24-17-18-7-8-23-17/h1-6,9H,7-8,10H2. The third-order valence-corrected chi connectivity index (χ3v) is 7.13. The molecule has 0 amide bonds. The van der Waals surface area contributed by atoms with Crippen LogP contribution in [0.1, 0.15) is 5.82 Å². The second-order valence-corrected chi connectivity index (χ2v) is 8.83. The summed E-state index contributed by atoms with van der Waals surface area (Å²) in [7, 11) is 0. The molecule has 2 aromatic carbocycles. The van der Waals surface area contributed by atoms with Gasteiger partial charge >= 0.3 is 0 Å². The van der Waals surface area contributed by atoms with E-state index in [1.54, 1.807) is 23.1 Å². The number of rotatable bonds is 3. The van der Waals surface area contributed by atoms with Gasteiger partial charge in [-0.15, -0.1) is 10.2 Å². The molecule has 0 saturated heterocycles. The van der Waals surface area contributed by atoms with Crippen molar-refractivity contribution in [2.75, 3.05) is 12.3 Å². The van der Waals surface area contributed by atoms with Crippen LogP contribution in [0.25, 0.3) is 26.3 Å². The highest BCUT2D eigenvalue weighted by Crippen LogP contribution is 2.30. The summed E-state index contributed by atoms with van der Waals surface area (Å²) in [6.45, 7) is 0.922. The highest BCUT2D eigenvalue weighted by Gasteiger charge is 2.15. The first-order valence-corrected chi connectivity index (χ1v) is 10.7. The summed E-state index contributed by atoms with van der Waals surface area (Å²) in [5.74, 6) is 2.70. The second-order valence-electron chi connectivity index (χ2n) is 5.56. The SMILES string of the molecule is c1ccc2cc(-c3nn4c(CSC5=NCCS5)nnc4s3)ccc2c1. The maximum atomic E-state index is 4.75. The summed E-state index contributed by atoms with van der Waals surface area (Å²) in [4.78, 5) is 5.30. The van der Waals surface area contributed by atoms with Gasteiger partial charge in [0.25, 0.3) is 0 Å². The third-order valence-electron chi connectivity index (χ3n) is 3.93. The van der Waals surface area contributed by atoms with E-state index >= 15 is 0 Å². The van der Waals surface area contributed by atoms with E-state index in [0.29, 0.717) is 0 Å². The van der Waals surface area contributed by atoms with E-state index in [0.717, 1.165) is 43.8 Å². The molecule has 2 aromatic heterocycles. The molecular weight excluding hydrogens is 370 g/mol. The maximum Gasteiger partial charge on any atom is 0.235 e. The molecule has 1 aliphatic rings. The zero-order valence-electron chi connectivity index (χ0n) is 13.1. The molecule has 0 spiro atoms. The molecule has 0 fully saturated rings. The topological polar surface area (TPSA) is 55.4 Å². The minimum absolute atomic E-state index is 0.744. The number of benzene rings is 2. The van der Waals surface area contributed by atoms with Crippen LogP contribution >= 0.6 is 34.9 Å². The van der Waals surface area contributed by atoms with Crippen LogP contribution in [-0.4, -0.2) is 36.5 Å². The molecule has 25 heavy (non-hydrogen) atoms. The molecule has 0 N–H and O–H groups in total. The normalized spacial score (nSPS) is 14.5. The van der Waals surface area contributed by atoms with Crippen molar-refractivity contribution in [1.29, 1.82) is 0 Å². The van der Waals surface area contributed by atoms with E-state index in [4.69, 9.17) is 5.10 Å². The van der Waals surface area contributed by atoms with Gasteiger partial charge in [-0.3, -0.25) is 4.99 Å². The van der Waals surface area contributed by atoms with E-state index in [9.17, 15) is 0 Å². The lowest BCUT2D eigenvalue weighted by molar-refractivity contribution is 0.889. The van der Waals surface area contributed by atoms with Crippen molar-refractivity contribution >= 4 is 55.0 Å². The Hall–Kier alpha value is -1.90. The first kappa shape index (κ1) is 15.4. The monoisotopic (exact) mass is 383 g/mol. The quantitative estimate of drug-likeness (QED) is 0.527. The fourth-order valence-corrected chi connectivity index (χ4v) is 5.49. The Morgan fingerprint density at radius 3 is 2.88 bits per heavy atom. The lowest BCUT2D eigenvalue weighted by Gasteiger charge is -2.00. The summed E-state index contributed by atoms with van der Waals surface area (Å²) in [6.07, 6.45) is 0. The van der Waals surface area contributed by atoms with E-state index in [-0.39, 0.29) is 0 Å². The smallest absolute Gasteiger partial charge is 0.235 e. The van der Waals surface area contributed by atoms with Crippen molar-refractivity contribution in [1.82, 2.24) is 19.8 Å². The molecule has 0 aliphatic carbocycles. The Morgan fingerprint density at radius 1 is 1.08 bits per heavy atom. The molecule has 5 rings (SSSR count). The minimum atomic E-state index is 0.744. The fourth-order valence-electron chi connectivity index (χ4n) is 2.72. The van der Waals surface area contributed by atoms with Crippen molar-refractivity contribution in [3.63, 3.8) is 0 Å². The van der Waals surface area contributed by atoms with Crippen molar-refractivity contribution in [3.05, 3.63) is 48.3 Å². The molecule has 0 unspecified atom stereocenters. The van der Waals surface area contributed by atoms with Crippen LogP contribution in [0.15, 0.2) is 47.5 Å². The van der Waals surface area contributed by atoms with Gasteiger partial charge in [0.05, 0.1) is 12.3 Å². The molecule has 8 heteroatoms. The number of aliphatic imine (C=N–C) groups is 1. The lowest BCUT2D eigenvalue weighted by atomic mass is 10.1. The van der Waals surface area contributed by atoms with Gasteiger partial charge < -0.3 is 0 Å². The van der Waals surface area contributed by atoms with Crippen LogP contribution in [0.5, 0.6) is 0 Å². The fraction of sp³-hybridized carbons (Fsp3) is 0.176. The van der Waals surface area contributed by atoms with Crippen LogP contribution in [-0.2, 0) is 5.75 Å². The average molecular weight is 384 g/mol. The molecule has 1 aliphatic heterocycles. The predicted octanol–water partition coefficient (Wildman–Crippen LogP) is 4.34. The molecule has 4 aromatic rings. The summed E-state index contributed by atoms with van der Waals surface area (Å²) in [6, 6.07) is 14.8. The van der Waals surface area contributed by atoms with Gasteiger partial charge in [0, 0.05) is 11.3 Å². The van der Waals surface area contributed by atoms with E-state index in [1.807, 2.05) is 16.3 Å². The second kappa shape index (κ2) is 6.44. The number of hydrogen-bond donors (Lipinski definition) is 0. The van der Waals surface area contributed by atoms with Crippen LogP contribution in [0.2, 0.25) is 0 Å². The highest BCUT2D eigenvalue weighted by molar-refractivity contribution is 8.38. The Balaban J connectivity index is 1.47. The Morgan fingerprint density at radius 2 is 2.00 bits per heavy atom. The van der Waals surface area contributed by atoms with Gasteiger partial charge in [-0.1, -0.05) is 71.3 Å². The number of thioether (sulfide) groups is 2. The van der Waals surface area contributed by atoms with Gasteiger partial charge in [0.1, 0.15) is 9.38 Å². The molecular formula is C17H13N5S3. The first-order valence-electron chi connectivity index (χ1n) is 7.87. The molecule has 3 heterocycles. The van der Waals surface area contributed by atoms with Crippen molar-refractivity contribution in [2.24, 2.45) is 4.99 Å². The van der Waals surface area contributed by atoms with Crippen molar-refractivity contribution in [2.45, 2.75) is 5.75 Å². The zero-order chi connectivity index (χ0) is 16.6. The first-order chi connectivity index (χ1) is 12.4.